The second kappa shape index (κ2) is 3.88. The maximum absolute atomic E-state index is 2.47. The molecule has 0 aliphatic carbocycles. The zero-order valence-electron chi connectivity index (χ0n) is 4.16. The van der Waals surface area contributed by atoms with Crippen molar-refractivity contribution in [1.29, 1.82) is 0 Å². The molecule has 0 heterocycles. The van der Waals surface area contributed by atoms with E-state index in [9.17, 15) is 0 Å². The quantitative estimate of drug-likeness (QED) is 0.670. The van der Waals surface area contributed by atoms with E-state index in [1.54, 1.807) is 0 Å². The van der Waals surface area contributed by atoms with Gasteiger partial charge in [0.2, 0.25) is 0 Å². The van der Waals surface area contributed by atoms with E-state index in [1.807, 2.05) is 0 Å². The van der Waals surface area contributed by atoms with Gasteiger partial charge in [0, 0.05) is 0 Å². The van der Waals surface area contributed by atoms with Crippen molar-refractivity contribution in [2.45, 2.75) is 13.8 Å². The Morgan fingerprint density at radius 1 is 1.33 bits per heavy atom. The molecule has 0 bridgehead atoms. The summed E-state index contributed by atoms with van der Waals surface area (Å²) in [7, 11) is 0. The first-order valence-corrected chi connectivity index (χ1v) is 3.15. The molecule has 0 rings (SSSR count). The summed E-state index contributed by atoms with van der Waals surface area (Å²) >= 11 is 2.47. The van der Waals surface area contributed by atoms with Crippen molar-refractivity contribution in [1.82, 2.24) is 3.30 Å². The second-order valence-corrected chi connectivity index (χ2v) is 2.42. The van der Waals surface area contributed by atoms with Gasteiger partial charge in [-0.15, -0.1) is 0 Å². The number of hydrogen-bond acceptors (Lipinski definition) is 1. The molecule has 0 aromatic rings. The second-order valence-electron chi connectivity index (χ2n) is 1.05. The molecule has 0 N–H and O–H groups in total. The van der Waals surface area contributed by atoms with Crippen LogP contribution in [0.3, 0.4) is 0 Å². The van der Waals surface area contributed by atoms with E-state index in [2.05, 4.69) is 38.5 Å². The van der Waals surface area contributed by atoms with E-state index >= 15 is 0 Å². The molecule has 0 amide bonds. The third kappa shape index (κ3) is 2.91. The van der Waals surface area contributed by atoms with Gasteiger partial charge >= 0.3 is 51.6 Å². The van der Waals surface area contributed by atoms with Gasteiger partial charge in [-0.2, -0.15) is 0 Å². The molecule has 0 fully saturated rings. The van der Waals surface area contributed by atoms with Crippen LogP contribution < -0.4 is 0 Å². The molecule has 2 heteroatoms. The Hall–Kier alpha value is 0.700. The van der Waals surface area contributed by atoms with Crippen LogP contribution in [0.15, 0.2) is 0 Å². The first-order valence-electron chi connectivity index (χ1n) is 2.18. The third-order valence-corrected chi connectivity index (χ3v) is 2.01. The minimum absolute atomic E-state index is 1.14. The van der Waals surface area contributed by atoms with Gasteiger partial charge in [-0.05, 0) is 0 Å². The summed E-state index contributed by atoms with van der Waals surface area (Å²) in [6.45, 7) is 6.56. The van der Waals surface area contributed by atoms with E-state index in [-0.39, 0.29) is 0 Å². The van der Waals surface area contributed by atoms with E-state index in [0.29, 0.717) is 0 Å². The normalized spacial score (nSPS) is 10.2. The Morgan fingerprint density at radius 3 is 1.67 bits per heavy atom. The van der Waals surface area contributed by atoms with Crippen molar-refractivity contribution in [3.63, 3.8) is 0 Å². The Kier molecular flexibility index (Phi) is 4.33. The van der Waals surface area contributed by atoms with E-state index < -0.39 is 0 Å². The van der Waals surface area contributed by atoms with Crippen molar-refractivity contribution < 1.29 is 21.3 Å². The fourth-order valence-corrected chi connectivity index (χ4v) is 0.224. The van der Waals surface area contributed by atoms with E-state index in [4.69, 9.17) is 0 Å². The number of hydrogen-bond donors (Lipinski definition) is 0. The summed E-state index contributed by atoms with van der Waals surface area (Å²) in [6, 6.07) is 0. The first kappa shape index (κ1) is 6.70. The molecule has 1 nitrogen and oxygen atoms in total. The summed E-state index contributed by atoms with van der Waals surface area (Å²) in [4.78, 5) is 0. The van der Waals surface area contributed by atoms with Crippen molar-refractivity contribution in [3.8, 4) is 0 Å². The molecule has 0 spiro atoms. The van der Waals surface area contributed by atoms with Crippen LogP contribution in [0.25, 0.3) is 0 Å². The Labute approximate surface area is 52.0 Å². The first-order chi connectivity index (χ1) is 2.81. The van der Waals surface area contributed by atoms with Gasteiger partial charge in [-0.1, -0.05) is 0 Å². The van der Waals surface area contributed by atoms with Crippen molar-refractivity contribution >= 4 is 0 Å². The average molecular weight is 269 g/mol. The van der Waals surface area contributed by atoms with Crippen molar-refractivity contribution in [2.75, 3.05) is 13.1 Å². The van der Waals surface area contributed by atoms with Gasteiger partial charge in [0.15, 0.2) is 0 Å². The van der Waals surface area contributed by atoms with Gasteiger partial charge in [-0.25, -0.2) is 0 Å². The fraction of sp³-hybridized carbons (Fsp3) is 1.00. The molecular weight excluding hydrogens is 259 g/mol. The van der Waals surface area contributed by atoms with Crippen molar-refractivity contribution in [3.05, 3.63) is 0 Å². The summed E-state index contributed by atoms with van der Waals surface area (Å²) in [6.07, 6.45) is 0. The fourth-order valence-electron chi connectivity index (χ4n) is 0.224. The molecule has 0 saturated heterocycles. The van der Waals surface area contributed by atoms with Crippen LogP contribution in [-0.4, -0.2) is 16.4 Å². The third-order valence-electron chi connectivity index (χ3n) is 0.638. The zero-order chi connectivity index (χ0) is 4.99. The summed E-state index contributed by atoms with van der Waals surface area (Å²) in [5.74, 6) is 0. The van der Waals surface area contributed by atoms with Gasteiger partial charge in [-0.3, -0.25) is 0 Å². The van der Waals surface area contributed by atoms with Gasteiger partial charge in [0.25, 0.3) is 0 Å². The van der Waals surface area contributed by atoms with Gasteiger partial charge in [0.1, 0.15) is 0 Å². The Morgan fingerprint density at radius 2 is 1.67 bits per heavy atom. The van der Waals surface area contributed by atoms with Crippen LogP contribution in [0.1, 0.15) is 13.8 Å². The van der Waals surface area contributed by atoms with Crippen LogP contribution in [0.2, 0.25) is 0 Å². The molecule has 0 aromatic carbocycles. The molecule has 0 aromatic heterocycles. The van der Waals surface area contributed by atoms with Crippen LogP contribution >= 0.6 is 0 Å². The molecule has 0 unspecified atom stereocenters. The topological polar surface area (TPSA) is 3.24 Å². The molecule has 0 aliphatic heterocycles. The molecule has 42 valence electrons. The zero-order valence-corrected chi connectivity index (χ0v) is 6.33. The van der Waals surface area contributed by atoms with E-state index in [1.165, 1.54) is 0 Å². The number of rotatable bonds is 2. The maximum atomic E-state index is 2.47. The predicted molar refractivity (Wildman–Crippen MR) is 22.9 cm³/mol. The van der Waals surface area contributed by atoms with Gasteiger partial charge in [0.05, 0.1) is 0 Å². The summed E-state index contributed by atoms with van der Waals surface area (Å²) in [5, 5.41) is 0. The Balaban J connectivity index is 2.75. The van der Waals surface area contributed by atoms with E-state index in [0.717, 1.165) is 13.1 Å². The molecule has 0 saturated carbocycles. The molecular formula is C4H10AuN. The molecule has 0 atom stereocenters. The Bertz CT molecular complexity index is 26.7. The summed E-state index contributed by atoms with van der Waals surface area (Å²) < 4.78 is 2.19. The SMILES string of the molecule is CC[N]([Au])CC. The van der Waals surface area contributed by atoms with Crippen LogP contribution in [0.4, 0.5) is 0 Å². The summed E-state index contributed by atoms with van der Waals surface area (Å²) in [5.41, 5.74) is 0. The average Bonchev–Trinajstić information content (AvgIpc) is 1.65. The molecule has 0 radical (unpaired) electrons. The van der Waals surface area contributed by atoms with Gasteiger partial charge < -0.3 is 0 Å². The number of nitrogens with zero attached hydrogens (tertiary/aromatic N) is 1. The predicted octanol–water partition coefficient (Wildman–Crippen LogP) is 0.790. The van der Waals surface area contributed by atoms with Crippen LogP contribution in [0.5, 0.6) is 0 Å². The monoisotopic (exact) mass is 269 g/mol. The molecule has 0 aliphatic rings. The van der Waals surface area contributed by atoms with Crippen LogP contribution in [0, 0.1) is 0 Å². The van der Waals surface area contributed by atoms with Crippen LogP contribution in [-0.2, 0) is 21.3 Å². The minimum atomic E-state index is 1.14. The molecule has 6 heavy (non-hydrogen) atoms. The van der Waals surface area contributed by atoms with Crippen molar-refractivity contribution in [2.24, 2.45) is 0 Å². The standard InChI is InChI=1S/C4H10N.Au/c1-3-5-4-2;/h3-4H2,1-2H3;/q-1;+1.